The van der Waals surface area contributed by atoms with Crippen molar-refractivity contribution in [2.24, 2.45) is 0 Å². The van der Waals surface area contributed by atoms with Crippen LogP contribution < -0.4 is 5.32 Å². The van der Waals surface area contributed by atoms with E-state index in [2.05, 4.69) is 21.2 Å². The van der Waals surface area contributed by atoms with E-state index in [0.717, 1.165) is 30.2 Å². The lowest BCUT2D eigenvalue weighted by Gasteiger charge is -2.07. The Morgan fingerprint density at radius 2 is 2.12 bits per heavy atom. The van der Waals surface area contributed by atoms with Crippen molar-refractivity contribution in [2.45, 2.75) is 26.2 Å². The summed E-state index contributed by atoms with van der Waals surface area (Å²) >= 11 is 3.36. The number of nitrogens with one attached hydrogen (secondary N) is 1. The van der Waals surface area contributed by atoms with Crippen molar-refractivity contribution in [3.05, 3.63) is 29.3 Å². The van der Waals surface area contributed by atoms with Crippen LogP contribution >= 0.6 is 15.9 Å². The summed E-state index contributed by atoms with van der Waals surface area (Å²) in [7, 11) is 0. The Balaban J connectivity index is 2.42. The molecular weight excluding hydrogens is 282 g/mol. The number of carbonyl (C=O) groups is 1. The molecule has 3 nitrogen and oxygen atoms in total. The van der Waals surface area contributed by atoms with Gasteiger partial charge in [-0.1, -0.05) is 28.4 Å². The number of unbranched alkanes of at least 4 members (excludes halogenated alkanes) is 2. The lowest BCUT2D eigenvalue weighted by molar-refractivity contribution is 0.0950. The molecule has 4 heteroatoms. The van der Waals surface area contributed by atoms with Gasteiger partial charge in [0.05, 0.1) is 5.56 Å². The highest BCUT2D eigenvalue weighted by Gasteiger charge is 2.09. The Hall–Kier alpha value is -1.03. The van der Waals surface area contributed by atoms with Crippen molar-refractivity contribution < 1.29 is 9.90 Å². The maximum atomic E-state index is 11.7. The maximum absolute atomic E-state index is 11.7. The van der Waals surface area contributed by atoms with E-state index in [1.54, 1.807) is 12.1 Å². The minimum absolute atomic E-state index is 0.0444. The quantitative estimate of drug-likeness (QED) is 0.627. The Morgan fingerprint density at radius 3 is 2.76 bits per heavy atom. The molecule has 0 radical (unpaired) electrons. The van der Waals surface area contributed by atoms with Gasteiger partial charge in [-0.05, 0) is 37.5 Å². The van der Waals surface area contributed by atoms with E-state index < -0.39 is 0 Å². The second-order valence-corrected chi connectivity index (χ2v) is 4.82. The molecule has 1 aromatic carbocycles. The number of benzene rings is 1. The minimum atomic E-state index is -0.207. The fourth-order valence-corrected chi connectivity index (χ4v) is 1.92. The van der Waals surface area contributed by atoms with Crippen molar-refractivity contribution in [2.75, 3.05) is 11.9 Å². The van der Waals surface area contributed by atoms with Crippen LogP contribution in [0.4, 0.5) is 0 Å². The Morgan fingerprint density at radius 1 is 1.35 bits per heavy atom. The fourth-order valence-electron chi connectivity index (χ4n) is 1.53. The molecule has 94 valence electrons. The van der Waals surface area contributed by atoms with Gasteiger partial charge >= 0.3 is 0 Å². The summed E-state index contributed by atoms with van der Waals surface area (Å²) in [5.74, 6) is -0.163. The second kappa shape index (κ2) is 7.33. The molecule has 1 amide bonds. The van der Waals surface area contributed by atoms with E-state index in [9.17, 15) is 9.90 Å². The molecule has 0 aliphatic rings. The molecule has 0 fully saturated rings. The highest BCUT2D eigenvalue weighted by atomic mass is 79.9. The number of hydrogen-bond donors (Lipinski definition) is 2. The molecule has 0 saturated carbocycles. The summed E-state index contributed by atoms with van der Waals surface area (Å²) < 4.78 is 0. The number of carbonyl (C=O) groups excluding carboxylic acids is 1. The number of rotatable bonds is 6. The van der Waals surface area contributed by atoms with Gasteiger partial charge in [0.25, 0.3) is 5.91 Å². The van der Waals surface area contributed by atoms with Crippen LogP contribution in [0.2, 0.25) is 0 Å². The van der Waals surface area contributed by atoms with Crippen molar-refractivity contribution in [3.8, 4) is 5.75 Å². The monoisotopic (exact) mass is 299 g/mol. The largest absolute Gasteiger partial charge is 0.507 e. The normalized spacial score (nSPS) is 10.2. The first-order chi connectivity index (χ1) is 8.15. The van der Waals surface area contributed by atoms with Crippen molar-refractivity contribution in [1.82, 2.24) is 5.32 Å². The molecule has 0 heterocycles. The smallest absolute Gasteiger partial charge is 0.255 e. The van der Waals surface area contributed by atoms with Crippen LogP contribution in [0.3, 0.4) is 0 Å². The van der Waals surface area contributed by atoms with Gasteiger partial charge in [0.2, 0.25) is 0 Å². The first-order valence-electron chi connectivity index (χ1n) is 5.79. The lowest BCUT2D eigenvalue weighted by atomic mass is 10.1. The lowest BCUT2D eigenvalue weighted by Crippen LogP contribution is -2.24. The van der Waals surface area contributed by atoms with E-state index in [1.165, 1.54) is 0 Å². The van der Waals surface area contributed by atoms with Crippen molar-refractivity contribution in [1.29, 1.82) is 0 Å². The Kier molecular flexibility index (Phi) is 6.05. The van der Waals surface area contributed by atoms with Crippen LogP contribution in [0.25, 0.3) is 0 Å². The summed E-state index contributed by atoms with van der Waals surface area (Å²) in [6, 6.07) is 5.07. The van der Waals surface area contributed by atoms with Crippen molar-refractivity contribution >= 4 is 21.8 Å². The molecule has 0 aromatic heterocycles. The van der Waals surface area contributed by atoms with Crippen LogP contribution in [0.5, 0.6) is 5.75 Å². The first-order valence-corrected chi connectivity index (χ1v) is 6.91. The summed E-state index contributed by atoms with van der Waals surface area (Å²) in [6.07, 6.45) is 3.17. The van der Waals surface area contributed by atoms with E-state index in [1.807, 2.05) is 13.0 Å². The highest BCUT2D eigenvalue weighted by molar-refractivity contribution is 9.09. The molecule has 0 unspecified atom stereocenters. The number of halogens is 1. The summed E-state index contributed by atoms with van der Waals surface area (Å²) in [5, 5.41) is 13.4. The fraction of sp³-hybridized carbons (Fsp3) is 0.462. The molecule has 17 heavy (non-hydrogen) atoms. The minimum Gasteiger partial charge on any atom is -0.507 e. The van der Waals surface area contributed by atoms with Gasteiger partial charge < -0.3 is 10.4 Å². The molecule has 2 N–H and O–H groups in total. The SMILES string of the molecule is Cc1ccc(C(=O)NCCCCCBr)c(O)c1. The Bertz CT molecular complexity index is 380. The standard InChI is InChI=1S/C13H18BrNO2/c1-10-5-6-11(12(16)9-10)13(17)15-8-4-2-3-7-14/h5-6,9,16H,2-4,7-8H2,1H3,(H,15,17). The third-order valence-electron chi connectivity index (χ3n) is 2.49. The summed E-state index contributed by atoms with van der Waals surface area (Å²) in [4.78, 5) is 11.7. The van der Waals surface area contributed by atoms with Gasteiger partial charge in [0.1, 0.15) is 5.75 Å². The maximum Gasteiger partial charge on any atom is 0.255 e. The number of phenolic OH excluding ortho intramolecular Hbond substituents is 1. The molecule has 0 aliphatic heterocycles. The topological polar surface area (TPSA) is 49.3 Å². The van der Waals surface area contributed by atoms with Crippen LogP contribution in [-0.2, 0) is 0 Å². The number of hydrogen-bond acceptors (Lipinski definition) is 2. The number of aryl methyl sites for hydroxylation is 1. The van der Waals surface area contributed by atoms with E-state index in [-0.39, 0.29) is 11.7 Å². The van der Waals surface area contributed by atoms with Gasteiger partial charge in [-0.3, -0.25) is 4.79 Å². The molecule has 0 bridgehead atoms. The second-order valence-electron chi connectivity index (χ2n) is 4.03. The van der Waals surface area contributed by atoms with Crippen LogP contribution in [0.15, 0.2) is 18.2 Å². The molecule has 1 aromatic rings. The zero-order valence-electron chi connectivity index (χ0n) is 10.0. The average Bonchev–Trinajstić information content (AvgIpc) is 2.28. The zero-order chi connectivity index (χ0) is 12.7. The van der Waals surface area contributed by atoms with Crippen molar-refractivity contribution in [3.63, 3.8) is 0 Å². The summed E-state index contributed by atoms with van der Waals surface area (Å²) in [5.41, 5.74) is 1.28. The van der Waals surface area contributed by atoms with Gasteiger partial charge in [-0.15, -0.1) is 0 Å². The van der Waals surface area contributed by atoms with E-state index in [4.69, 9.17) is 0 Å². The number of amides is 1. The molecule has 0 spiro atoms. The first kappa shape index (κ1) is 14.0. The zero-order valence-corrected chi connectivity index (χ0v) is 11.6. The van der Waals surface area contributed by atoms with Crippen LogP contribution in [-0.4, -0.2) is 22.9 Å². The van der Waals surface area contributed by atoms with Gasteiger partial charge in [-0.25, -0.2) is 0 Å². The third kappa shape index (κ3) is 4.77. The molecular formula is C13H18BrNO2. The third-order valence-corrected chi connectivity index (χ3v) is 3.05. The van der Waals surface area contributed by atoms with E-state index >= 15 is 0 Å². The molecule has 0 saturated heterocycles. The van der Waals surface area contributed by atoms with Gasteiger partial charge in [0.15, 0.2) is 0 Å². The van der Waals surface area contributed by atoms with Gasteiger partial charge in [-0.2, -0.15) is 0 Å². The molecule has 0 aliphatic carbocycles. The number of phenols is 1. The predicted octanol–water partition coefficient (Wildman–Crippen LogP) is 3.00. The van der Waals surface area contributed by atoms with Crippen LogP contribution in [0, 0.1) is 6.92 Å². The number of aromatic hydroxyl groups is 1. The summed E-state index contributed by atoms with van der Waals surface area (Å²) in [6.45, 7) is 2.53. The molecule has 1 rings (SSSR count). The van der Waals surface area contributed by atoms with Gasteiger partial charge in [0, 0.05) is 11.9 Å². The molecule has 0 atom stereocenters. The van der Waals surface area contributed by atoms with E-state index in [0.29, 0.717) is 12.1 Å². The Labute approximate surface area is 110 Å². The number of alkyl halides is 1. The predicted molar refractivity (Wildman–Crippen MR) is 72.8 cm³/mol. The highest BCUT2D eigenvalue weighted by Crippen LogP contribution is 2.18. The average molecular weight is 300 g/mol. The van der Waals surface area contributed by atoms with Crippen LogP contribution in [0.1, 0.15) is 35.2 Å².